The molecule has 1 aromatic rings. The van der Waals surface area contributed by atoms with Crippen molar-refractivity contribution in [3.05, 3.63) is 29.6 Å². The zero-order valence-corrected chi connectivity index (χ0v) is 11.7. The number of hydrogen-bond donors (Lipinski definition) is 2. The van der Waals surface area contributed by atoms with E-state index in [9.17, 15) is 14.3 Å². The van der Waals surface area contributed by atoms with E-state index in [0.29, 0.717) is 12.1 Å². The predicted octanol–water partition coefficient (Wildman–Crippen LogP) is 2.24. The SMILES string of the molecule is CNc1c(F)cccc1C(=O)N(CCO)C1CCCC1. The maximum atomic E-state index is 13.8. The third-order valence-electron chi connectivity index (χ3n) is 3.86. The number of aliphatic hydroxyl groups is 1. The number of carbonyl (C=O) groups is 1. The van der Waals surface area contributed by atoms with Crippen LogP contribution in [0.3, 0.4) is 0 Å². The lowest BCUT2D eigenvalue weighted by Crippen LogP contribution is -2.41. The fourth-order valence-electron chi connectivity index (χ4n) is 2.88. The van der Waals surface area contributed by atoms with Gasteiger partial charge in [0.25, 0.3) is 5.91 Å². The van der Waals surface area contributed by atoms with Crippen LogP contribution in [-0.4, -0.2) is 42.2 Å². The lowest BCUT2D eigenvalue weighted by Gasteiger charge is -2.29. The summed E-state index contributed by atoms with van der Waals surface area (Å²) in [6.07, 6.45) is 4.11. The number of nitrogens with zero attached hydrogens (tertiary/aromatic N) is 1. The molecule has 1 aliphatic carbocycles. The van der Waals surface area contributed by atoms with Crippen LogP contribution in [0.25, 0.3) is 0 Å². The quantitative estimate of drug-likeness (QED) is 0.869. The molecule has 1 aliphatic rings. The third kappa shape index (κ3) is 2.93. The van der Waals surface area contributed by atoms with Gasteiger partial charge in [-0.05, 0) is 25.0 Å². The average molecular weight is 280 g/mol. The average Bonchev–Trinajstić information content (AvgIpc) is 2.97. The molecule has 0 spiro atoms. The lowest BCUT2D eigenvalue weighted by molar-refractivity contribution is 0.0638. The molecule has 0 bridgehead atoms. The Bertz CT molecular complexity index is 473. The molecule has 0 aliphatic heterocycles. The van der Waals surface area contributed by atoms with Gasteiger partial charge < -0.3 is 15.3 Å². The second-order valence-corrected chi connectivity index (χ2v) is 5.07. The van der Waals surface area contributed by atoms with Crippen LogP contribution < -0.4 is 5.32 Å². The first-order chi connectivity index (χ1) is 9.69. The van der Waals surface area contributed by atoms with Gasteiger partial charge in [-0.15, -0.1) is 0 Å². The Morgan fingerprint density at radius 3 is 2.75 bits per heavy atom. The van der Waals surface area contributed by atoms with E-state index >= 15 is 0 Å². The summed E-state index contributed by atoms with van der Waals surface area (Å²) < 4.78 is 13.8. The van der Waals surface area contributed by atoms with Gasteiger partial charge in [-0.2, -0.15) is 0 Å². The fraction of sp³-hybridized carbons (Fsp3) is 0.533. The molecule has 1 fully saturated rings. The van der Waals surface area contributed by atoms with Crippen LogP contribution in [0.1, 0.15) is 36.0 Å². The number of amides is 1. The topological polar surface area (TPSA) is 52.6 Å². The van der Waals surface area contributed by atoms with Crippen molar-refractivity contribution in [3.63, 3.8) is 0 Å². The van der Waals surface area contributed by atoms with Gasteiger partial charge in [-0.25, -0.2) is 4.39 Å². The van der Waals surface area contributed by atoms with E-state index in [1.54, 1.807) is 18.0 Å². The molecule has 0 saturated heterocycles. The summed E-state index contributed by atoms with van der Waals surface area (Å²) in [6.45, 7) is 0.218. The molecule has 5 heteroatoms. The highest BCUT2D eigenvalue weighted by molar-refractivity contribution is 5.99. The summed E-state index contributed by atoms with van der Waals surface area (Å²) in [5.74, 6) is -0.650. The second-order valence-electron chi connectivity index (χ2n) is 5.07. The molecule has 0 atom stereocenters. The highest BCUT2D eigenvalue weighted by Crippen LogP contribution is 2.27. The number of halogens is 1. The molecule has 0 unspecified atom stereocenters. The maximum Gasteiger partial charge on any atom is 0.256 e. The van der Waals surface area contributed by atoms with Crippen LogP contribution in [0.2, 0.25) is 0 Å². The molecular formula is C15H21FN2O2. The monoisotopic (exact) mass is 280 g/mol. The number of hydrogen-bond acceptors (Lipinski definition) is 3. The molecule has 4 nitrogen and oxygen atoms in total. The van der Waals surface area contributed by atoms with Crippen molar-refractivity contribution in [1.29, 1.82) is 0 Å². The summed E-state index contributed by atoms with van der Waals surface area (Å²) >= 11 is 0. The van der Waals surface area contributed by atoms with Crippen LogP contribution in [0.15, 0.2) is 18.2 Å². The third-order valence-corrected chi connectivity index (χ3v) is 3.86. The van der Waals surface area contributed by atoms with Crippen molar-refractivity contribution in [2.45, 2.75) is 31.7 Å². The molecule has 2 N–H and O–H groups in total. The molecule has 1 amide bonds. The Hall–Kier alpha value is -1.62. The number of benzene rings is 1. The van der Waals surface area contributed by atoms with Crippen molar-refractivity contribution in [1.82, 2.24) is 4.90 Å². The molecular weight excluding hydrogens is 259 g/mol. The Morgan fingerprint density at radius 2 is 2.15 bits per heavy atom. The van der Waals surface area contributed by atoms with Crippen LogP contribution in [0.4, 0.5) is 10.1 Å². The maximum absolute atomic E-state index is 13.8. The fourth-order valence-corrected chi connectivity index (χ4v) is 2.88. The van der Waals surface area contributed by atoms with Crippen LogP contribution in [0, 0.1) is 5.82 Å². The van der Waals surface area contributed by atoms with Crippen molar-refractivity contribution in [2.24, 2.45) is 0 Å². The van der Waals surface area contributed by atoms with E-state index in [0.717, 1.165) is 25.7 Å². The van der Waals surface area contributed by atoms with Crippen molar-refractivity contribution in [2.75, 3.05) is 25.5 Å². The Kier molecular flexibility index (Phi) is 4.95. The zero-order chi connectivity index (χ0) is 14.5. The van der Waals surface area contributed by atoms with Crippen molar-refractivity contribution >= 4 is 11.6 Å². The minimum absolute atomic E-state index is 0.0769. The molecule has 20 heavy (non-hydrogen) atoms. The first kappa shape index (κ1) is 14.8. The van der Waals surface area contributed by atoms with Crippen molar-refractivity contribution in [3.8, 4) is 0 Å². The zero-order valence-electron chi connectivity index (χ0n) is 11.7. The van der Waals surface area contributed by atoms with Gasteiger partial charge in [-0.1, -0.05) is 18.9 Å². The Morgan fingerprint density at radius 1 is 1.45 bits per heavy atom. The summed E-state index contributed by atoms with van der Waals surface area (Å²) in [6, 6.07) is 4.64. The molecule has 110 valence electrons. The molecule has 1 saturated carbocycles. The van der Waals surface area contributed by atoms with Gasteiger partial charge >= 0.3 is 0 Å². The summed E-state index contributed by atoms with van der Waals surface area (Å²) in [5, 5.41) is 11.9. The number of aliphatic hydroxyl groups excluding tert-OH is 1. The van der Waals surface area contributed by atoms with Gasteiger partial charge in [-0.3, -0.25) is 4.79 Å². The molecule has 0 aromatic heterocycles. The highest BCUT2D eigenvalue weighted by atomic mass is 19.1. The highest BCUT2D eigenvalue weighted by Gasteiger charge is 2.28. The largest absolute Gasteiger partial charge is 0.395 e. The molecule has 0 heterocycles. The normalized spacial score (nSPS) is 15.3. The van der Waals surface area contributed by atoms with Gasteiger partial charge in [0, 0.05) is 19.6 Å². The number of nitrogens with one attached hydrogen (secondary N) is 1. The molecule has 1 aromatic carbocycles. The minimum Gasteiger partial charge on any atom is -0.395 e. The Balaban J connectivity index is 2.29. The smallest absolute Gasteiger partial charge is 0.256 e. The van der Waals surface area contributed by atoms with Crippen LogP contribution in [0.5, 0.6) is 0 Å². The van der Waals surface area contributed by atoms with E-state index in [4.69, 9.17) is 0 Å². The summed E-state index contributed by atoms with van der Waals surface area (Å²) in [7, 11) is 1.60. The van der Waals surface area contributed by atoms with Gasteiger partial charge in [0.2, 0.25) is 0 Å². The standard InChI is InChI=1S/C15H21FN2O2/c1-17-14-12(7-4-8-13(14)16)15(20)18(9-10-19)11-5-2-3-6-11/h4,7-8,11,17,19H,2-3,5-6,9-10H2,1H3. The Labute approximate surface area is 118 Å². The lowest BCUT2D eigenvalue weighted by atomic mass is 10.1. The van der Waals surface area contributed by atoms with Crippen LogP contribution >= 0.6 is 0 Å². The summed E-state index contributed by atoms with van der Waals surface area (Å²) in [5.41, 5.74) is 0.547. The van der Waals surface area contributed by atoms with E-state index in [-0.39, 0.29) is 24.2 Å². The summed E-state index contributed by atoms with van der Waals surface area (Å²) in [4.78, 5) is 14.3. The van der Waals surface area contributed by atoms with Gasteiger partial charge in [0.15, 0.2) is 0 Å². The number of para-hydroxylation sites is 1. The predicted molar refractivity (Wildman–Crippen MR) is 76.3 cm³/mol. The molecule has 0 radical (unpaired) electrons. The van der Waals surface area contributed by atoms with Gasteiger partial charge in [0.1, 0.15) is 5.82 Å². The van der Waals surface area contributed by atoms with Gasteiger partial charge in [0.05, 0.1) is 17.9 Å². The van der Waals surface area contributed by atoms with E-state index < -0.39 is 5.82 Å². The van der Waals surface area contributed by atoms with E-state index in [2.05, 4.69) is 5.32 Å². The van der Waals surface area contributed by atoms with Crippen LogP contribution in [-0.2, 0) is 0 Å². The minimum atomic E-state index is -0.436. The second kappa shape index (κ2) is 6.70. The number of anilines is 1. The first-order valence-electron chi connectivity index (χ1n) is 7.07. The van der Waals surface area contributed by atoms with Crippen molar-refractivity contribution < 1.29 is 14.3 Å². The number of rotatable bonds is 5. The van der Waals surface area contributed by atoms with E-state index in [1.807, 2.05) is 0 Å². The molecule has 2 rings (SSSR count). The van der Waals surface area contributed by atoms with E-state index in [1.165, 1.54) is 12.1 Å². The number of carbonyl (C=O) groups excluding carboxylic acids is 1. The first-order valence-corrected chi connectivity index (χ1v) is 7.07.